The average Bonchev–Trinajstić information content (AvgIpc) is 2.53. The van der Waals surface area contributed by atoms with Gasteiger partial charge in [0.1, 0.15) is 12.4 Å². The summed E-state index contributed by atoms with van der Waals surface area (Å²) in [5.74, 6) is 0.522. The molecule has 1 heterocycles. The predicted octanol–water partition coefficient (Wildman–Crippen LogP) is 3.77. The van der Waals surface area contributed by atoms with Crippen LogP contribution in [0, 0.1) is 0 Å². The van der Waals surface area contributed by atoms with Gasteiger partial charge in [0.05, 0.1) is 11.2 Å². The number of pyridine rings is 1. The van der Waals surface area contributed by atoms with Crippen molar-refractivity contribution in [3.05, 3.63) is 66.4 Å². The SMILES string of the molecule is CC(=O)Nc1ccccc1OCc1cccc2cccnc12. The standard InChI is InChI=1S/C18H16N2O2/c1-13(21)20-16-9-2-3-10-17(16)22-12-15-7-4-6-14-8-5-11-19-18(14)15/h2-11H,12H2,1H3,(H,20,21). The summed E-state index contributed by atoms with van der Waals surface area (Å²) in [7, 11) is 0. The Morgan fingerprint density at radius 1 is 1.09 bits per heavy atom. The quantitative estimate of drug-likeness (QED) is 0.796. The van der Waals surface area contributed by atoms with E-state index in [-0.39, 0.29) is 5.91 Å². The zero-order valence-corrected chi connectivity index (χ0v) is 12.2. The molecule has 0 unspecified atom stereocenters. The van der Waals surface area contributed by atoms with Crippen LogP contribution < -0.4 is 10.1 Å². The minimum atomic E-state index is -0.122. The van der Waals surface area contributed by atoms with Gasteiger partial charge in [0.15, 0.2) is 0 Å². The van der Waals surface area contributed by atoms with Crippen molar-refractivity contribution in [2.45, 2.75) is 13.5 Å². The molecule has 0 radical (unpaired) electrons. The van der Waals surface area contributed by atoms with E-state index in [0.29, 0.717) is 18.0 Å². The number of fused-ring (bicyclic) bond motifs is 1. The van der Waals surface area contributed by atoms with E-state index in [9.17, 15) is 4.79 Å². The first-order chi connectivity index (χ1) is 10.7. The van der Waals surface area contributed by atoms with Crippen LogP contribution in [0.25, 0.3) is 10.9 Å². The first-order valence-electron chi connectivity index (χ1n) is 7.06. The molecular formula is C18H16N2O2. The van der Waals surface area contributed by atoms with Crippen molar-refractivity contribution in [1.82, 2.24) is 4.98 Å². The van der Waals surface area contributed by atoms with E-state index in [1.165, 1.54) is 6.92 Å². The molecule has 4 nitrogen and oxygen atoms in total. The van der Waals surface area contributed by atoms with Crippen LogP contribution in [-0.4, -0.2) is 10.9 Å². The van der Waals surface area contributed by atoms with Crippen LogP contribution in [-0.2, 0) is 11.4 Å². The van der Waals surface area contributed by atoms with Gasteiger partial charge >= 0.3 is 0 Å². The van der Waals surface area contributed by atoms with Crippen molar-refractivity contribution in [3.8, 4) is 5.75 Å². The lowest BCUT2D eigenvalue weighted by atomic mass is 10.1. The van der Waals surface area contributed by atoms with Crippen molar-refractivity contribution < 1.29 is 9.53 Å². The van der Waals surface area contributed by atoms with Crippen molar-refractivity contribution in [3.63, 3.8) is 0 Å². The fourth-order valence-electron chi connectivity index (χ4n) is 2.32. The highest BCUT2D eigenvalue weighted by Gasteiger charge is 2.07. The summed E-state index contributed by atoms with van der Waals surface area (Å²) in [6, 6.07) is 17.3. The third-order valence-corrected chi connectivity index (χ3v) is 3.30. The second-order valence-electron chi connectivity index (χ2n) is 4.96. The molecule has 0 saturated heterocycles. The number of carbonyl (C=O) groups is 1. The summed E-state index contributed by atoms with van der Waals surface area (Å²) in [6.45, 7) is 1.87. The molecule has 2 aromatic carbocycles. The van der Waals surface area contributed by atoms with Gasteiger partial charge in [0, 0.05) is 24.1 Å². The highest BCUT2D eigenvalue weighted by molar-refractivity contribution is 5.90. The number of anilines is 1. The maximum absolute atomic E-state index is 11.2. The van der Waals surface area contributed by atoms with E-state index in [4.69, 9.17) is 4.74 Å². The molecule has 22 heavy (non-hydrogen) atoms. The summed E-state index contributed by atoms with van der Waals surface area (Å²) < 4.78 is 5.88. The van der Waals surface area contributed by atoms with Crippen LogP contribution in [0.5, 0.6) is 5.75 Å². The van der Waals surface area contributed by atoms with E-state index in [1.54, 1.807) is 6.20 Å². The molecule has 1 aromatic heterocycles. The van der Waals surface area contributed by atoms with Crippen molar-refractivity contribution in [1.29, 1.82) is 0 Å². The molecule has 3 aromatic rings. The fraction of sp³-hybridized carbons (Fsp3) is 0.111. The molecule has 0 aliphatic heterocycles. The van der Waals surface area contributed by atoms with Crippen molar-refractivity contribution >= 4 is 22.5 Å². The Balaban J connectivity index is 1.84. The Hall–Kier alpha value is -2.88. The number of carbonyl (C=O) groups excluding carboxylic acids is 1. The zero-order valence-electron chi connectivity index (χ0n) is 12.2. The Kier molecular flexibility index (Phi) is 4.01. The minimum Gasteiger partial charge on any atom is -0.487 e. The molecular weight excluding hydrogens is 276 g/mol. The molecule has 0 saturated carbocycles. The lowest BCUT2D eigenvalue weighted by Crippen LogP contribution is -2.08. The number of aromatic nitrogens is 1. The molecule has 110 valence electrons. The van der Waals surface area contributed by atoms with Gasteiger partial charge in [-0.2, -0.15) is 0 Å². The molecule has 0 spiro atoms. The van der Waals surface area contributed by atoms with Crippen molar-refractivity contribution in [2.75, 3.05) is 5.32 Å². The average molecular weight is 292 g/mol. The molecule has 0 fully saturated rings. The number of nitrogens with one attached hydrogen (secondary N) is 1. The second kappa shape index (κ2) is 6.26. The van der Waals surface area contributed by atoms with Gasteiger partial charge in [0.25, 0.3) is 0 Å². The number of nitrogens with zero attached hydrogens (tertiary/aromatic N) is 1. The van der Waals surface area contributed by atoms with E-state index >= 15 is 0 Å². The van der Waals surface area contributed by atoms with Gasteiger partial charge in [-0.25, -0.2) is 0 Å². The monoisotopic (exact) mass is 292 g/mol. The molecule has 0 atom stereocenters. The summed E-state index contributed by atoms with van der Waals surface area (Å²) in [5, 5.41) is 3.85. The van der Waals surface area contributed by atoms with Gasteiger partial charge in [0.2, 0.25) is 5.91 Å². The Morgan fingerprint density at radius 2 is 1.91 bits per heavy atom. The van der Waals surface area contributed by atoms with Crippen LogP contribution in [0.15, 0.2) is 60.8 Å². The summed E-state index contributed by atoms with van der Waals surface area (Å²) in [4.78, 5) is 15.7. The normalized spacial score (nSPS) is 10.4. The number of amides is 1. The highest BCUT2D eigenvalue weighted by atomic mass is 16.5. The van der Waals surface area contributed by atoms with Gasteiger partial charge in [-0.15, -0.1) is 0 Å². The maximum atomic E-state index is 11.2. The Morgan fingerprint density at radius 3 is 2.77 bits per heavy atom. The minimum absolute atomic E-state index is 0.122. The number of ether oxygens (including phenoxy) is 1. The fourth-order valence-corrected chi connectivity index (χ4v) is 2.32. The van der Waals surface area contributed by atoms with Gasteiger partial charge < -0.3 is 10.1 Å². The lowest BCUT2D eigenvalue weighted by Gasteiger charge is -2.12. The van der Waals surface area contributed by atoms with Crippen molar-refractivity contribution in [2.24, 2.45) is 0 Å². The topological polar surface area (TPSA) is 51.2 Å². The molecule has 1 amide bonds. The van der Waals surface area contributed by atoms with Gasteiger partial charge in [-0.3, -0.25) is 9.78 Å². The van der Waals surface area contributed by atoms with Crippen LogP contribution in [0.1, 0.15) is 12.5 Å². The van der Waals surface area contributed by atoms with E-state index in [1.807, 2.05) is 54.6 Å². The smallest absolute Gasteiger partial charge is 0.221 e. The third-order valence-electron chi connectivity index (χ3n) is 3.30. The molecule has 1 N–H and O–H groups in total. The molecule has 0 aliphatic rings. The van der Waals surface area contributed by atoms with E-state index in [0.717, 1.165) is 16.5 Å². The van der Waals surface area contributed by atoms with Crippen LogP contribution in [0.4, 0.5) is 5.69 Å². The lowest BCUT2D eigenvalue weighted by molar-refractivity contribution is -0.114. The Bertz CT molecular complexity index is 810. The van der Waals surface area contributed by atoms with Gasteiger partial charge in [-0.05, 0) is 18.2 Å². The van der Waals surface area contributed by atoms with E-state index in [2.05, 4.69) is 10.3 Å². The number of hydrogen-bond donors (Lipinski definition) is 1. The summed E-state index contributed by atoms with van der Waals surface area (Å²) in [6.07, 6.45) is 1.77. The molecule has 0 bridgehead atoms. The predicted molar refractivity (Wildman–Crippen MR) is 86.8 cm³/mol. The van der Waals surface area contributed by atoms with Crippen LogP contribution in [0.3, 0.4) is 0 Å². The number of rotatable bonds is 4. The first-order valence-corrected chi connectivity index (χ1v) is 7.06. The van der Waals surface area contributed by atoms with E-state index < -0.39 is 0 Å². The summed E-state index contributed by atoms with van der Waals surface area (Å²) in [5.41, 5.74) is 2.61. The zero-order chi connectivity index (χ0) is 15.4. The van der Waals surface area contributed by atoms with Crippen LogP contribution >= 0.6 is 0 Å². The third kappa shape index (κ3) is 3.06. The number of para-hydroxylation sites is 3. The first kappa shape index (κ1) is 14.1. The number of hydrogen-bond acceptors (Lipinski definition) is 3. The highest BCUT2D eigenvalue weighted by Crippen LogP contribution is 2.25. The summed E-state index contributed by atoms with van der Waals surface area (Å²) >= 11 is 0. The van der Waals surface area contributed by atoms with Crippen LogP contribution in [0.2, 0.25) is 0 Å². The molecule has 4 heteroatoms. The molecule has 0 aliphatic carbocycles. The molecule has 3 rings (SSSR count). The van der Waals surface area contributed by atoms with Gasteiger partial charge in [-0.1, -0.05) is 36.4 Å². The maximum Gasteiger partial charge on any atom is 0.221 e. The number of benzene rings is 2. The largest absolute Gasteiger partial charge is 0.487 e. The Labute approximate surface area is 128 Å². The second-order valence-corrected chi connectivity index (χ2v) is 4.96.